The van der Waals surface area contributed by atoms with Crippen LogP contribution < -0.4 is 0 Å². The Morgan fingerprint density at radius 3 is 2.56 bits per heavy atom. The number of pyridine rings is 1. The normalized spacial score (nSPS) is 10.6. The first kappa shape index (κ1) is 16.6. The Morgan fingerprint density at radius 1 is 1.12 bits per heavy atom. The SMILES string of the molecule is Cc1nc2ccccc2c(C)c1C(=O)OCc1ccccc1[N+](=O)[O-]. The molecule has 0 aliphatic heterocycles. The molecule has 0 saturated heterocycles. The minimum atomic E-state index is -0.536. The molecule has 25 heavy (non-hydrogen) atoms. The van der Waals surface area contributed by atoms with E-state index in [1.807, 2.05) is 31.2 Å². The van der Waals surface area contributed by atoms with Crippen molar-refractivity contribution in [2.24, 2.45) is 0 Å². The molecule has 1 aromatic heterocycles. The molecule has 0 unspecified atom stereocenters. The van der Waals surface area contributed by atoms with Gasteiger partial charge in [0.1, 0.15) is 6.61 Å². The molecule has 0 aliphatic carbocycles. The van der Waals surface area contributed by atoms with Gasteiger partial charge in [0.15, 0.2) is 0 Å². The Bertz CT molecular complexity index is 982. The zero-order valence-electron chi connectivity index (χ0n) is 13.9. The van der Waals surface area contributed by atoms with Crippen LogP contribution >= 0.6 is 0 Å². The molecule has 3 rings (SSSR count). The van der Waals surface area contributed by atoms with Gasteiger partial charge in [0.05, 0.1) is 27.3 Å². The van der Waals surface area contributed by atoms with Crippen molar-refractivity contribution < 1.29 is 14.5 Å². The van der Waals surface area contributed by atoms with E-state index < -0.39 is 10.9 Å². The Hall–Kier alpha value is -3.28. The molecule has 126 valence electrons. The number of nitrogens with zero attached hydrogens (tertiary/aromatic N) is 2. The first-order valence-corrected chi connectivity index (χ1v) is 7.74. The molecule has 6 heteroatoms. The molecule has 0 N–H and O–H groups in total. The molecule has 6 nitrogen and oxygen atoms in total. The van der Waals surface area contributed by atoms with Crippen molar-refractivity contribution in [2.75, 3.05) is 0 Å². The van der Waals surface area contributed by atoms with Crippen LogP contribution in [0.3, 0.4) is 0 Å². The zero-order valence-corrected chi connectivity index (χ0v) is 13.9. The lowest BCUT2D eigenvalue weighted by Crippen LogP contribution is -2.11. The summed E-state index contributed by atoms with van der Waals surface area (Å²) < 4.78 is 5.33. The third-order valence-electron chi connectivity index (χ3n) is 4.08. The van der Waals surface area contributed by atoms with Crippen LogP contribution in [-0.4, -0.2) is 15.9 Å². The zero-order chi connectivity index (χ0) is 18.0. The summed E-state index contributed by atoms with van der Waals surface area (Å²) in [5.74, 6) is -0.536. The second-order valence-corrected chi connectivity index (χ2v) is 5.68. The van der Waals surface area contributed by atoms with Gasteiger partial charge in [-0.25, -0.2) is 4.79 Å². The maximum absolute atomic E-state index is 12.6. The third-order valence-corrected chi connectivity index (χ3v) is 4.08. The van der Waals surface area contributed by atoms with E-state index in [2.05, 4.69) is 4.98 Å². The van der Waals surface area contributed by atoms with Crippen LogP contribution in [0.2, 0.25) is 0 Å². The van der Waals surface area contributed by atoms with Crippen LogP contribution in [0.1, 0.15) is 27.2 Å². The lowest BCUT2D eigenvalue weighted by molar-refractivity contribution is -0.385. The number of aromatic nitrogens is 1. The van der Waals surface area contributed by atoms with Gasteiger partial charge in [-0.05, 0) is 31.5 Å². The largest absolute Gasteiger partial charge is 0.457 e. The highest BCUT2D eigenvalue weighted by molar-refractivity contribution is 5.98. The number of carbonyl (C=O) groups excluding carboxylic acids is 1. The van der Waals surface area contributed by atoms with Crippen LogP contribution in [0.15, 0.2) is 48.5 Å². The number of hydrogen-bond donors (Lipinski definition) is 0. The summed E-state index contributed by atoms with van der Waals surface area (Å²) in [6, 6.07) is 13.8. The standard InChI is InChI=1S/C19H16N2O4/c1-12-15-8-4-5-9-16(15)20-13(2)18(12)19(22)25-11-14-7-3-6-10-17(14)21(23)24/h3-10H,11H2,1-2H3. The smallest absolute Gasteiger partial charge is 0.340 e. The maximum Gasteiger partial charge on any atom is 0.340 e. The number of fused-ring (bicyclic) bond motifs is 1. The Morgan fingerprint density at radius 2 is 1.80 bits per heavy atom. The minimum absolute atomic E-state index is 0.0691. The molecular weight excluding hydrogens is 320 g/mol. The van der Waals surface area contributed by atoms with E-state index in [1.54, 1.807) is 25.1 Å². The molecular formula is C19H16N2O4. The Balaban J connectivity index is 1.90. The fourth-order valence-corrected chi connectivity index (χ4v) is 2.86. The van der Waals surface area contributed by atoms with Gasteiger partial charge in [-0.2, -0.15) is 0 Å². The predicted octanol–water partition coefficient (Wildman–Crippen LogP) is 4.12. The van der Waals surface area contributed by atoms with Crippen LogP contribution in [0.5, 0.6) is 0 Å². The molecule has 0 bridgehead atoms. The fourth-order valence-electron chi connectivity index (χ4n) is 2.86. The van der Waals surface area contributed by atoms with Crippen molar-refractivity contribution >= 4 is 22.6 Å². The van der Waals surface area contributed by atoms with E-state index in [-0.39, 0.29) is 12.3 Å². The van der Waals surface area contributed by atoms with Crippen LogP contribution in [-0.2, 0) is 11.3 Å². The number of esters is 1. The van der Waals surface area contributed by atoms with E-state index in [4.69, 9.17) is 4.74 Å². The van der Waals surface area contributed by atoms with E-state index in [9.17, 15) is 14.9 Å². The van der Waals surface area contributed by atoms with E-state index >= 15 is 0 Å². The molecule has 1 heterocycles. The van der Waals surface area contributed by atoms with Gasteiger partial charge < -0.3 is 4.74 Å². The molecule has 0 radical (unpaired) electrons. The number of nitro groups is 1. The molecule has 0 aliphatic rings. The molecule has 0 amide bonds. The summed E-state index contributed by atoms with van der Waals surface area (Å²) in [5, 5.41) is 11.9. The van der Waals surface area contributed by atoms with E-state index in [0.717, 1.165) is 16.5 Å². The molecule has 0 fully saturated rings. The summed E-state index contributed by atoms with van der Waals surface area (Å²) in [7, 11) is 0. The van der Waals surface area contributed by atoms with Crippen LogP contribution in [0.25, 0.3) is 10.9 Å². The highest BCUT2D eigenvalue weighted by Gasteiger charge is 2.19. The minimum Gasteiger partial charge on any atom is -0.457 e. The van der Waals surface area contributed by atoms with Crippen molar-refractivity contribution in [3.05, 3.63) is 81.0 Å². The van der Waals surface area contributed by atoms with Crippen molar-refractivity contribution in [3.63, 3.8) is 0 Å². The lowest BCUT2D eigenvalue weighted by Gasteiger charge is -2.12. The second-order valence-electron chi connectivity index (χ2n) is 5.68. The maximum atomic E-state index is 12.6. The van der Waals surface area contributed by atoms with Gasteiger partial charge in [0, 0.05) is 11.5 Å². The highest BCUT2D eigenvalue weighted by atomic mass is 16.6. The number of nitro benzene ring substituents is 1. The first-order chi connectivity index (χ1) is 12.0. The average Bonchev–Trinajstić information content (AvgIpc) is 2.60. The van der Waals surface area contributed by atoms with Gasteiger partial charge >= 0.3 is 5.97 Å². The molecule has 0 spiro atoms. The van der Waals surface area contributed by atoms with E-state index in [0.29, 0.717) is 16.8 Å². The summed E-state index contributed by atoms with van der Waals surface area (Å²) in [6.07, 6.45) is 0. The van der Waals surface area contributed by atoms with Crippen molar-refractivity contribution in [1.29, 1.82) is 0 Å². The molecule has 0 saturated carbocycles. The summed E-state index contributed by atoms with van der Waals surface area (Å²) in [6.45, 7) is 3.43. The van der Waals surface area contributed by atoms with Gasteiger partial charge in [-0.1, -0.05) is 30.3 Å². The monoisotopic (exact) mass is 336 g/mol. The number of benzene rings is 2. The van der Waals surface area contributed by atoms with E-state index in [1.165, 1.54) is 6.07 Å². The quantitative estimate of drug-likeness (QED) is 0.407. The topological polar surface area (TPSA) is 82.3 Å². The van der Waals surface area contributed by atoms with Crippen molar-refractivity contribution in [3.8, 4) is 0 Å². The second kappa shape index (κ2) is 6.68. The number of para-hydroxylation sites is 2. The summed E-state index contributed by atoms with van der Waals surface area (Å²) >= 11 is 0. The predicted molar refractivity (Wildman–Crippen MR) is 93.4 cm³/mol. The number of hydrogen-bond acceptors (Lipinski definition) is 5. The summed E-state index contributed by atoms with van der Waals surface area (Å²) in [5.41, 5.74) is 2.86. The number of rotatable bonds is 4. The number of ether oxygens (including phenoxy) is 1. The van der Waals surface area contributed by atoms with Gasteiger partial charge in [0.2, 0.25) is 0 Å². The van der Waals surface area contributed by atoms with Gasteiger partial charge in [0.25, 0.3) is 5.69 Å². The lowest BCUT2D eigenvalue weighted by atomic mass is 10.0. The van der Waals surface area contributed by atoms with Crippen LogP contribution in [0.4, 0.5) is 5.69 Å². The molecule has 3 aromatic rings. The van der Waals surface area contributed by atoms with Crippen molar-refractivity contribution in [1.82, 2.24) is 4.98 Å². The average molecular weight is 336 g/mol. The highest BCUT2D eigenvalue weighted by Crippen LogP contribution is 2.24. The Kier molecular flexibility index (Phi) is 4.43. The Labute approximate surface area is 144 Å². The van der Waals surface area contributed by atoms with Gasteiger partial charge in [-0.15, -0.1) is 0 Å². The fraction of sp³-hybridized carbons (Fsp3) is 0.158. The third kappa shape index (κ3) is 3.19. The van der Waals surface area contributed by atoms with Crippen molar-refractivity contribution in [2.45, 2.75) is 20.5 Å². The molecule has 2 aromatic carbocycles. The number of carbonyl (C=O) groups is 1. The summed E-state index contributed by atoms with van der Waals surface area (Å²) in [4.78, 5) is 27.6. The number of aryl methyl sites for hydroxylation is 2. The van der Waals surface area contributed by atoms with Crippen LogP contribution in [0, 0.1) is 24.0 Å². The molecule has 0 atom stereocenters. The van der Waals surface area contributed by atoms with Gasteiger partial charge in [-0.3, -0.25) is 15.1 Å². The first-order valence-electron chi connectivity index (χ1n) is 7.74.